The number of nitrogens with one attached hydrogen (secondary N) is 1. The summed E-state index contributed by atoms with van der Waals surface area (Å²) in [6, 6.07) is 14.2. The zero-order valence-corrected chi connectivity index (χ0v) is 19.6. The van der Waals surface area contributed by atoms with Crippen molar-refractivity contribution in [3.63, 3.8) is 0 Å². The Morgan fingerprint density at radius 1 is 0.812 bits per heavy atom. The Kier molecular flexibility index (Phi) is 8.14. The number of methoxy groups -OCH3 is 4. The molecule has 3 rings (SSSR count). The number of hydrogen-bond donors (Lipinski definition) is 1. The lowest BCUT2D eigenvalue weighted by Crippen LogP contribution is -1.98. The van der Waals surface area contributed by atoms with Crippen LogP contribution in [-0.2, 0) is 0 Å². The molecule has 0 aliphatic carbocycles. The summed E-state index contributed by atoms with van der Waals surface area (Å²) in [6.07, 6.45) is 3.64. The van der Waals surface area contributed by atoms with Crippen LogP contribution in [0.5, 0.6) is 23.0 Å². The van der Waals surface area contributed by atoms with Gasteiger partial charge in [-0.15, -0.1) is 0 Å². The second-order valence-electron chi connectivity index (χ2n) is 6.50. The predicted molar refractivity (Wildman–Crippen MR) is 129 cm³/mol. The van der Waals surface area contributed by atoms with Crippen molar-refractivity contribution in [3.8, 4) is 23.0 Å². The van der Waals surface area contributed by atoms with Crippen LogP contribution in [-0.4, -0.2) is 28.4 Å². The van der Waals surface area contributed by atoms with Gasteiger partial charge in [0.1, 0.15) is 0 Å². The third-order valence-corrected chi connectivity index (χ3v) is 5.65. The molecule has 0 heterocycles. The van der Waals surface area contributed by atoms with Crippen molar-refractivity contribution in [1.29, 1.82) is 0 Å². The van der Waals surface area contributed by atoms with E-state index in [1.165, 1.54) is 19.1 Å². The van der Waals surface area contributed by atoms with Gasteiger partial charge >= 0.3 is 0 Å². The summed E-state index contributed by atoms with van der Waals surface area (Å²) < 4.78 is 39.4. The Balaban J connectivity index is 1.94. The van der Waals surface area contributed by atoms with Gasteiger partial charge in [0, 0.05) is 15.5 Å². The molecule has 0 aliphatic heterocycles. The van der Waals surface area contributed by atoms with Gasteiger partial charge in [0.25, 0.3) is 0 Å². The molecular formula is C24H23ClFNO4S. The van der Waals surface area contributed by atoms with Gasteiger partial charge in [-0.3, -0.25) is 0 Å². The first-order chi connectivity index (χ1) is 15.5. The maximum absolute atomic E-state index is 15.0. The SMILES string of the molecule is COc1ccc(/C=C\c2cc(OC)c(OC)c(OC)c2)c(NSc2ccc(Cl)cc2)c1F. The molecule has 0 bridgehead atoms. The van der Waals surface area contributed by atoms with Crippen LogP contribution in [0.1, 0.15) is 11.1 Å². The zero-order chi connectivity index (χ0) is 23.1. The molecule has 32 heavy (non-hydrogen) atoms. The predicted octanol–water partition coefficient (Wildman–Crippen LogP) is 6.80. The van der Waals surface area contributed by atoms with E-state index in [4.69, 9.17) is 30.5 Å². The highest BCUT2D eigenvalue weighted by molar-refractivity contribution is 8.00. The lowest BCUT2D eigenvalue weighted by molar-refractivity contribution is 0.324. The highest BCUT2D eigenvalue weighted by Crippen LogP contribution is 2.39. The van der Waals surface area contributed by atoms with Crippen LogP contribution in [0.2, 0.25) is 5.02 Å². The van der Waals surface area contributed by atoms with Crippen LogP contribution < -0.4 is 23.7 Å². The molecule has 0 aromatic heterocycles. The molecule has 0 radical (unpaired) electrons. The average Bonchev–Trinajstić information content (AvgIpc) is 2.82. The van der Waals surface area contributed by atoms with Crippen molar-refractivity contribution in [2.45, 2.75) is 4.90 Å². The van der Waals surface area contributed by atoms with Crippen LogP contribution >= 0.6 is 23.5 Å². The van der Waals surface area contributed by atoms with Gasteiger partial charge in [0.05, 0.1) is 34.1 Å². The number of anilines is 1. The topological polar surface area (TPSA) is 49.0 Å². The van der Waals surface area contributed by atoms with E-state index in [9.17, 15) is 0 Å². The number of ether oxygens (including phenoxy) is 4. The van der Waals surface area contributed by atoms with Crippen LogP contribution in [0.25, 0.3) is 12.2 Å². The molecule has 168 valence electrons. The molecule has 0 atom stereocenters. The van der Waals surface area contributed by atoms with Crippen LogP contribution in [0.3, 0.4) is 0 Å². The van der Waals surface area contributed by atoms with Crippen molar-refractivity contribution in [2.24, 2.45) is 0 Å². The molecule has 8 heteroatoms. The quantitative estimate of drug-likeness (QED) is 0.271. The van der Waals surface area contributed by atoms with Gasteiger partial charge in [-0.05, 0) is 66.0 Å². The van der Waals surface area contributed by atoms with Crippen LogP contribution in [0, 0.1) is 5.82 Å². The monoisotopic (exact) mass is 475 g/mol. The molecule has 0 fully saturated rings. The lowest BCUT2D eigenvalue weighted by Gasteiger charge is -2.14. The van der Waals surface area contributed by atoms with Gasteiger partial charge in [0.15, 0.2) is 23.1 Å². The highest BCUT2D eigenvalue weighted by Gasteiger charge is 2.15. The molecule has 0 unspecified atom stereocenters. The van der Waals surface area contributed by atoms with E-state index >= 15 is 4.39 Å². The number of benzene rings is 3. The van der Waals surface area contributed by atoms with Gasteiger partial charge in [-0.2, -0.15) is 0 Å². The first-order valence-electron chi connectivity index (χ1n) is 9.53. The highest BCUT2D eigenvalue weighted by atomic mass is 35.5. The fourth-order valence-electron chi connectivity index (χ4n) is 2.97. The molecule has 0 spiro atoms. The maximum Gasteiger partial charge on any atom is 0.203 e. The van der Waals surface area contributed by atoms with Gasteiger partial charge in [-0.1, -0.05) is 23.8 Å². The summed E-state index contributed by atoms with van der Waals surface area (Å²) >= 11 is 7.21. The minimum Gasteiger partial charge on any atom is -0.494 e. The van der Waals surface area contributed by atoms with Gasteiger partial charge in [-0.25, -0.2) is 4.39 Å². The minimum absolute atomic E-state index is 0.147. The van der Waals surface area contributed by atoms with Gasteiger partial charge < -0.3 is 23.7 Å². The third kappa shape index (κ3) is 5.41. The van der Waals surface area contributed by atoms with Crippen molar-refractivity contribution in [1.82, 2.24) is 0 Å². The first-order valence-corrected chi connectivity index (χ1v) is 10.7. The number of hydrogen-bond acceptors (Lipinski definition) is 6. The standard InChI is InChI=1S/C24H23ClFNO4S/c1-28-19-12-7-16(23(22(19)26)27-32-18-10-8-17(25)9-11-18)6-5-15-13-20(29-2)24(31-4)21(14-15)30-3/h5-14,27H,1-4H3/b6-5-. The third-order valence-electron chi connectivity index (χ3n) is 4.59. The Hall–Kier alpha value is -3.03. The minimum atomic E-state index is -0.485. The van der Waals surface area contributed by atoms with E-state index in [1.807, 2.05) is 30.3 Å². The van der Waals surface area contributed by atoms with E-state index in [-0.39, 0.29) is 5.75 Å². The normalized spacial score (nSPS) is 10.8. The summed E-state index contributed by atoms with van der Waals surface area (Å²) in [5.74, 6) is 1.23. The second-order valence-corrected chi connectivity index (χ2v) is 7.81. The molecule has 0 amide bonds. The van der Waals surface area contributed by atoms with Crippen molar-refractivity contribution < 1.29 is 23.3 Å². The molecule has 1 N–H and O–H groups in total. The molecule has 0 saturated heterocycles. The van der Waals surface area contributed by atoms with Crippen molar-refractivity contribution in [3.05, 3.63) is 70.5 Å². The van der Waals surface area contributed by atoms with E-state index in [0.717, 1.165) is 10.5 Å². The van der Waals surface area contributed by atoms with E-state index in [1.54, 1.807) is 51.7 Å². The molecule has 0 aliphatic rings. The molecule has 5 nitrogen and oxygen atoms in total. The van der Waals surface area contributed by atoms with Crippen molar-refractivity contribution >= 4 is 41.4 Å². The summed E-state index contributed by atoms with van der Waals surface area (Å²) in [7, 11) is 6.09. The average molecular weight is 476 g/mol. The van der Waals surface area contributed by atoms with E-state index in [2.05, 4.69) is 4.72 Å². The fourth-order valence-corrected chi connectivity index (χ4v) is 3.79. The Morgan fingerprint density at radius 2 is 1.44 bits per heavy atom. The second kappa shape index (κ2) is 11.0. The Morgan fingerprint density at radius 3 is 2.00 bits per heavy atom. The molecular weight excluding hydrogens is 453 g/mol. The van der Waals surface area contributed by atoms with E-state index in [0.29, 0.717) is 33.5 Å². The molecule has 3 aromatic carbocycles. The largest absolute Gasteiger partial charge is 0.494 e. The molecule has 3 aromatic rings. The van der Waals surface area contributed by atoms with Crippen molar-refractivity contribution in [2.75, 3.05) is 33.2 Å². The van der Waals surface area contributed by atoms with Gasteiger partial charge in [0.2, 0.25) is 5.75 Å². The van der Waals surface area contributed by atoms with Crippen LogP contribution in [0.15, 0.2) is 53.4 Å². The summed E-state index contributed by atoms with van der Waals surface area (Å²) in [5, 5.41) is 0.635. The van der Waals surface area contributed by atoms with Crippen LogP contribution in [0.4, 0.5) is 10.1 Å². The summed E-state index contributed by atoms with van der Waals surface area (Å²) in [6.45, 7) is 0. The smallest absolute Gasteiger partial charge is 0.203 e. The number of rotatable bonds is 9. The molecule has 0 saturated carbocycles. The fraction of sp³-hybridized carbons (Fsp3) is 0.167. The maximum atomic E-state index is 15.0. The summed E-state index contributed by atoms with van der Waals surface area (Å²) in [4.78, 5) is 0.885. The zero-order valence-electron chi connectivity index (χ0n) is 18.1. The Labute approximate surface area is 196 Å². The van der Waals surface area contributed by atoms with E-state index < -0.39 is 5.82 Å². The summed E-state index contributed by atoms with van der Waals surface area (Å²) in [5.41, 5.74) is 1.73. The number of halogens is 2. The lowest BCUT2D eigenvalue weighted by atomic mass is 10.1. The first kappa shape index (κ1) is 23.6. The Bertz CT molecular complexity index is 1080.